The average molecular weight is 298 g/mol. The third-order valence-electron chi connectivity index (χ3n) is 4.91. The van der Waals surface area contributed by atoms with Crippen LogP contribution in [0.1, 0.15) is 59.8 Å². The van der Waals surface area contributed by atoms with Gasteiger partial charge in [0.15, 0.2) is 6.29 Å². The Kier molecular flexibility index (Phi) is 5.72. The maximum absolute atomic E-state index is 6.18. The fraction of sp³-hybridized carbons (Fsp3) is 1.00. The predicted molar refractivity (Wildman–Crippen MR) is 87.1 cm³/mol. The van der Waals surface area contributed by atoms with Gasteiger partial charge in [-0.25, -0.2) is 0 Å². The van der Waals surface area contributed by atoms with Crippen molar-refractivity contribution in [2.75, 3.05) is 33.3 Å². The van der Waals surface area contributed by atoms with Crippen LogP contribution in [0.5, 0.6) is 0 Å². The van der Waals surface area contributed by atoms with Crippen LogP contribution in [0.4, 0.5) is 0 Å². The van der Waals surface area contributed by atoms with E-state index in [1.54, 1.807) is 0 Å². The maximum atomic E-state index is 6.18. The first-order valence-corrected chi connectivity index (χ1v) is 8.86. The van der Waals surface area contributed by atoms with Gasteiger partial charge >= 0.3 is 0 Å². The highest BCUT2D eigenvalue weighted by molar-refractivity contribution is 4.72. The molecule has 0 spiro atoms. The Hall–Kier alpha value is -0.120. The number of piperidine rings is 1. The van der Waals surface area contributed by atoms with Crippen molar-refractivity contribution in [3.8, 4) is 0 Å². The molecule has 0 amide bonds. The first-order valence-electron chi connectivity index (χ1n) is 8.86. The van der Waals surface area contributed by atoms with Crippen molar-refractivity contribution in [3.63, 3.8) is 0 Å². The van der Waals surface area contributed by atoms with Crippen molar-refractivity contribution in [1.29, 1.82) is 0 Å². The summed E-state index contributed by atoms with van der Waals surface area (Å²) in [4.78, 5) is 0. The van der Waals surface area contributed by atoms with Gasteiger partial charge in [0, 0.05) is 6.42 Å². The van der Waals surface area contributed by atoms with Crippen LogP contribution in [0.15, 0.2) is 0 Å². The molecule has 0 unspecified atom stereocenters. The molecule has 124 valence electrons. The zero-order valence-corrected chi connectivity index (χ0v) is 14.9. The zero-order chi connectivity index (χ0) is 15.5. The van der Waals surface area contributed by atoms with Crippen LogP contribution in [0.2, 0.25) is 0 Å². The number of hydrogen-bond donors (Lipinski definition) is 0. The topological polar surface area (TPSA) is 18.5 Å². The van der Waals surface area contributed by atoms with Crippen LogP contribution >= 0.6 is 0 Å². The Bertz CT molecular complexity index is 318. The number of hydrogen-bond acceptors (Lipinski definition) is 2. The Morgan fingerprint density at radius 2 is 1.81 bits per heavy atom. The highest BCUT2D eigenvalue weighted by Crippen LogP contribution is 2.29. The molecule has 0 aromatic rings. The molecule has 3 heteroatoms. The molecule has 0 aromatic carbocycles. The van der Waals surface area contributed by atoms with E-state index >= 15 is 0 Å². The van der Waals surface area contributed by atoms with Crippen molar-refractivity contribution >= 4 is 0 Å². The number of nitrogens with zero attached hydrogens (tertiary/aromatic N) is 1. The summed E-state index contributed by atoms with van der Waals surface area (Å²) in [6.45, 7) is 13.8. The molecule has 3 nitrogen and oxygen atoms in total. The molecule has 0 saturated carbocycles. The molecule has 21 heavy (non-hydrogen) atoms. The van der Waals surface area contributed by atoms with Crippen LogP contribution in [-0.4, -0.2) is 50.2 Å². The van der Waals surface area contributed by atoms with Gasteiger partial charge in [-0.1, -0.05) is 27.7 Å². The van der Waals surface area contributed by atoms with Crippen molar-refractivity contribution in [2.24, 2.45) is 11.3 Å². The van der Waals surface area contributed by atoms with Gasteiger partial charge in [0.1, 0.15) is 12.6 Å². The summed E-state index contributed by atoms with van der Waals surface area (Å²) in [6, 6.07) is 0. The Labute approximate surface area is 131 Å². The van der Waals surface area contributed by atoms with Crippen molar-refractivity contribution in [3.05, 3.63) is 0 Å². The summed E-state index contributed by atoms with van der Waals surface area (Å²) in [5.41, 5.74) is 0.393. The largest absolute Gasteiger partial charge is 0.350 e. The second kappa shape index (κ2) is 6.97. The van der Waals surface area contributed by atoms with Gasteiger partial charge in [-0.05, 0) is 37.0 Å². The lowest BCUT2D eigenvalue weighted by Crippen LogP contribution is -2.52. The van der Waals surface area contributed by atoms with Crippen molar-refractivity contribution in [1.82, 2.24) is 0 Å². The fourth-order valence-corrected chi connectivity index (χ4v) is 4.13. The molecule has 0 bridgehead atoms. The van der Waals surface area contributed by atoms with E-state index in [9.17, 15) is 0 Å². The van der Waals surface area contributed by atoms with Gasteiger partial charge in [0.05, 0.1) is 26.7 Å². The number of ether oxygens (including phenoxy) is 2. The molecule has 0 aromatic heterocycles. The van der Waals surface area contributed by atoms with Gasteiger partial charge in [0.2, 0.25) is 0 Å². The Balaban J connectivity index is 1.73. The first-order chi connectivity index (χ1) is 9.76. The second-order valence-corrected chi connectivity index (χ2v) is 8.94. The zero-order valence-electron chi connectivity index (χ0n) is 14.9. The highest BCUT2D eigenvalue weighted by atomic mass is 16.7. The van der Waals surface area contributed by atoms with E-state index in [0.29, 0.717) is 17.4 Å². The molecule has 2 aliphatic heterocycles. The van der Waals surface area contributed by atoms with Gasteiger partial charge in [-0.2, -0.15) is 0 Å². The number of likely N-dealkylation sites (tertiary alicyclic amines) is 1. The summed E-state index contributed by atoms with van der Waals surface area (Å²) in [7, 11) is 2.39. The van der Waals surface area contributed by atoms with E-state index in [0.717, 1.165) is 19.6 Å². The van der Waals surface area contributed by atoms with Gasteiger partial charge in [-0.15, -0.1) is 0 Å². The average Bonchev–Trinajstić information content (AvgIpc) is 2.73. The SMILES string of the molecule is C[C@@H](C[C@H]1OC[C@H](C[N+]2(C)CCCCC2)O1)CC(C)(C)C. The summed E-state index contributed by atoms with van der Waals surface area (Å²) >= 11 is 0. The molecule has 0 N–H and O–H groups in total. The summed E-state index contributed by atoms with van der Waals surface area (Å²) < 4.78 is 13.3. The van der Waals surface area contributed by atoms with Gasteiger partial charge in [0.25, 0.3) is 0 Å². The predicted octanol–water partition coefficient (Wildman–Crippen LogP) is 3.82. The normalized spacial score (nSPS) is 31.3. The third kappa shape index (κ3) is 5.88. The molecule has 0 radical (unpaired) electrons. The molecule has 2 fully saturated rings. The molecule has 0 aliphatic carbocycles. The highest BCUT2D eigenvalue weighted by Gasteiger charge is 2.35. The lowest BCUT2D eigenvalue weighted by Gasteiger charge is -2.39. The second-order valence-electron chi connectivity index (χ2n) is 8.94. The van der Waals surface area contributed by atoms with Gasteiger partial charge < -0.3 is 14.0 Å². The summed E-state index contributed by atoms with van der Waals surface area (Å²) in [5.74, 6) is 0.661. The third-order valence-corrected chi connectivity index (χ3v) is 4.91. The monoisotopic (exact) mass is 298 g/mol. The lowest BCUT2D eigenvalue weighted by molar-refractivity contribution is -0.916. The molecule has 2 saturated heterocycles. The summed E-state index contributed by atoms with van der Waals surface area (Å²) in [5, 5.41) is 0. The van der Waals surface area contributed by atoms with E-state index in [1.165, 1.54) is 43.3 Å². The van der Waals surface area contributed by atoms with Crippen molar-refractivity contribution in [2.45, 2.75) is 72.2 Å². The van der Waals surface area contributed by atoms with Crippen LogP contribution in [0.3, 0.4) is 0 Å². The summed E-state index contributed by atoms with van der Waals surface area (Å²) in [6.07, 6.45) is 6.75. The minimum Gasteiger partial charge on any atom is -0.350 e. The van der Waals surface area contributed by atoms with Crippen LogP contribution in [0.25, 0.3) is 0 Å². The van der Waals surface area contributed by atoms with Gasteiger partial charge in [-0.3, -0.25) is 0 Å². The van der Waals surface area contributed by atoms with E-state index in [1.807, 2.05) is 0 Å². The quantitative estimate of drug-likeness (QED) is 0.718. The number of rotatable bonds is 5. The van der Waals surface area contributed by atoms with Crippen LogP contribution in [0, 0.1) is 11.3 Å². The molecule has 2 heterocycles. The number of likely N-dealkylation sites (N-methyl/N-ethyl adjacent to an activating group) is 1. The minimum absolute atomic E-state index is 0.0312. The maximum Gasteiger partial charge on any atom is 0.158 e. The fourth-order valence-electron chi connectivity index (χ4n) is 4.13. The van der Waals surface area contributed by atoms with Crippen LogP contribution < -0.4 is 0 Å². The molecular weight excluding hydrogens is 262 g/mol. The minimum atomic E-state index is 0.0312. The first kappa shape index (κ1) is 17.2. The Morgan fingerprint density at radius 1 is 1.14 bits per heavy atom. The lowest BCUT2D eigenvalue weighted by atomic mass is 9.84. The van der Waals surface area contributed by atoms with E-state index in [-0.39, 0.29) is 6.29 Å². The van der Waals surface area contributed by atoms with E-state index < -0.39 is 0 Å². The van der Waals surface area contributed by atoms with Crippen LogP contribution in [-0.2, 0) is 9.47 Å². The molecular formula is C18H36NO2+. The Morgan fingerprint density at radius 3 is 2.43 bits per heavy atom. The van der Waals surface area contributed by atoms with E-state index in [2.05, 4.69) is 34.7 Å². The standard InChI is InChI=1S/C18H36NO2/c1-15(12-18(2,3)4)11-17-20-14-16(21-17)13-19(5)9-7-6-8-10-19/h15-17H,6-14H2,1-5H3/q+1/t15-,16-,17-/m0/s1. The van der Waals surface area contributed by atoms with Crippen molar-refractivity contribution < 1.29 is 14.0 Å². The number of quaternary nitrogens is 1. The molecule has 2 aliphatic rings. The molecule has 3 atom stereocenters. The smallest absolute Gasteiger partial charge is 0.158 e. The molecule has 2 rings (SSSR count). The van der Waals surface area contributed by atoms with E-state index in [4.69, 9.17) is 9.47 Å².